The molecule has 5 heteroatoms. The van der Waals surface area contributed by atoms with Gasteiger partial charge in [-0.1, -0.05) is 36.7 Å². The summed E-state index contributed by atoms with van der Waals surface area (Å²) in [7, 11) is 0. The maximum atomic E-state index is 12.1. The Labute approximate surface area is 117 Å². The van der Waals surface area contributed by atoms with Crippen LogP contribution in [0.1, 0.15) is 33.6 Å². The van der Waals surface area contributed by atoms with Gasteiger partial charge in [0.15, 0.2) is 5.82 Å². The van der Waals surface area contributed by atoms with E-state index in [1.54, 1.807) is 17.0 Å². The molecule has 1 atom stereocenters. The summed E-state index contributed by atoms with van der Waals surface area (Å²) >= 11 is 3.57. The Bertz CT molecular complexity index is 417. The smallest absolute Gasteiger partial charge is 0.293 e. The van der Waals surface area contributed by atoms with Crippen LogP contribution in [0.5, 0.6) is 0 Å². The third-order valence-corrected chi connectivity index (χ3v) is 3.77. The van der Waals surface area contributed by atoms with Crippen molar-refractivity contribution in [2.75, 3.05) is 11.9 Å². The fourth-order valence-electron chi connectivity index (χ4n) is 1.66. The van der Waals surface area contributed by atoms with E-state index in [1.807, 2.05) is 0 Å². The lowest BCUT2D eigenvalue weighted by molar-refractivity contribution is 0.509. The van der Waals surface area contributed by atoms with Crippen molar-refractivity contribution >= 4 is 21.7 Å². The van der Waals surface area contributed by atoms with E-state index in [2.05, 4.69) is 47.0 Å². The second kappa shape index (κ2) is 7.56. The van der Waals surface area contributed by atoms with Gasteiger partial charge in [0.2, 0.25) is 0 Å². The lowest BCUT2D eigenvalue weighted by atomic mass is 10.2. The van der Waals surface area contributed by atoms with Crippen LogP contribution < -0.4 is 10.9 Å². The summed E-state index contributed by atoms with van der Waals surface area (Å²) in [5.74, 6) is 0.902. The Morgan fingerprint density at radius 3 is 2.83 bits per heavy atom. The molecule has 102 valence electrons. The number of anilines is 1. The highest BCUT2D eigenvalue weighted by Gasteiger charge is 2.06. The summed E-state index contributed by atoms with van der Waals surface area (Å²) in [5, 5.41) is 3.12. The number of aromatic nitrogens is 2. The summed E-state index contributed by atoms with van der Waals surface area (Å²) < 4.78 is 1.71. The maximum Gasteiger partial charge on any atom is 0.293 e. The van der Waals surface area contributed by atoms with Crippen molar-refractivity contribution in [2.45, 2.75) is 45.0 Å². The zero-order chi connectivity index (χ0) is 13.5. The van der Waals surface area contributed by atoms with Crippen LogP contribution in [0.2, 0.25) is 0 Å². The van der Waals surface area contributed by atoms with Gasteiger partial charge in [-0.3, -0.25) is 4.79 Å². The highest BCUT2D eigenvalue weighted by molar-refractivity contribution is 9.09. The summed E-state index contributed by atoms with van der Waals surface area (Å²) in [6.07, 6.45) is 5.49. The first-order valence-corrected chi connectivity index (χ1v) is 7.39. The molecule has 0 aliphatic carbocycles. The molecular weight excluding hydrogens is 294 g/mol. The summed E-state index contributed by atoms with van der Waals surface area (Å²) in [4.78, 5) is 16.7. The molecule has 0 aliphatic rings. The number of nitrogens with zero attached hydrogens (tertiary/aromatic N) is 2. The van der Waals surface area contributed by atoms with Gasteiger partial charge in [-0.25, -0.2) is 4.98 Å². The number of halogens is 1. The molecule has 1 heterocycles. The van der Waals surface area contributed by atoms with Crippen LogP contribution in [-0.2, 0) is 6.54 Å². The lowest BCUT2D eigenvalue weighted by Gasteiger charge is -2.11. The molecular formula is C13H22BrN3O. The molecule has 0 bridgehead atoms. The topological polar surface area (TPSA) is 46.9 Å². The van der Waals surface area contributed by atoms with E-state index in [4.69, 9.17) is 0 Å². The van der Waals surface area contributed by atoms with Gasteiger partial charge < -0.3 is 9.88 Å². The molecule has 1 rings (SSSR count). The first-order chi connectivity index (χ1) is 8.54. The average Bonchev–Trinajstić information content (AvgIpc) is 2.33. The van der Waals surface area contributed by atoms with Gasteiger partial charge in [-0.2, -0.15) is 0 Å². The number of nitrogens with one attached hydrogen (secondary N) is 1. The Kier molecular flexibility index (Phi) is 6.39. The SMILES string of the molecule is CCC(Br)CCNc1nccn(CC(C)C)c1=O. The van der Waals surface area contributed by atoms with Gasteiger partial charge in [0.25, 0.3) is 5.56 Å². The zero-order valence-electron chi connectivity index (χ0n) is 11.3. The number of rotatable bonds is 7. The van der Waals surface area contributed by atoms with Gasteiger partial charge in [0.05, 0.1) is 0 Å². The third kappa shape index (κ3) is 4.80. The minimum Gasteiger partial charge on any atom is -0.365 e. The molecule has 0 spiro atoms. The molecule has 0 saturated heterocycles. The normalized spacial score (nSPS) is 12.7. The van der Waals surface area contributed by atoms with E-state index in [0.29, 0.717) is 16.6 Å². The highest BCUT2D eigenvalue weighted by Crippen LogP contribution is 2.08. The summed E-state index contributed by atoms with van der Waals surface area (Å²) in [5.41, 5.74) is -0.0335. The highest BCUT2D eigenvalue weighted by atomic mass is 79.9. The van der Waals surface area contributed by atoms with Crippen molar-refractivity contribution in [1.29, 1.82) is 0 Å². The van der Waals surface area contributed by atoms with Gasteiger partial charge in [-0.15, -0.1) is 0 Å². The lowest BCUT2D eigenvalue weighted by Crippen LogP contribution is -2.26. The third-order valence-electron chi connectivity index (χ3n) is 2.67. The largest absolute Gasteiger partial charge is 0.365 e. The number of hydrogen-bond donors (Lipinski definition) is 1. The minimum absolute atomic E-state index is 0.0335. The van der Waals surface area contributed by atoms with E-state index in [-0.39, 0.29) is 5.56 Å². The van der Waals surface area contributed by atoms with E-state index >= 15 is 0 Å². The van der Waals surface area contributed by atoms with Crippen molar-refractivity contribution in [1.82, 2.24) is 9.55 Å². The molecule has 0 radical (unpaired) electrons. The van der Waals surface area contributed by atoms with Crippen molar-refractivity contribution < 1.29 is 0 Å². The van der Waals surface area contributed by atoms with Crippen LogP contribution in [0.15, 0.2) is 17.2 Å². The summed E-state index contributed by atoms with van der Waals surface area (Å²) in [6.45, 7) is 7.81. The molecule has 0 aromatic carbocycles. The fourth-order valence-corrected chi connectivity index (χ4v) is 1.89. The molecule has 0 fully saturated rings. The molecule has 1 aromatic rings. The zero-order valence-corrected chi connectivity index (χ0v) is 12.9. The maximum absolute atomic E-state index is 12.1. The molecule has 1 aromatic heterocycles. The molecule has 1 N–H and O–H groups in total. The van der Waals surface area contributed by atoms with E-state index in [0.717, 1.165) is 25.9 Å². The van der Waals surface area contributed by atoms with Crippen LogP contribution in [0, 0.1) is 5.92 Å². The number of alkyl halides is 1. The quantitative estimate of drug-likeness (QED) is 0.787. The molecule has 0 saturated carbocycles. The van der Waals surface area contributed by atoms with E-state index in [1.165, 1.54) is 0 Å². The first-order valence-electron chi connectivity index (χ1n) is 6.48. The van der Waals surface area contributed by atoms with E-state index < -0.39 is 0 Å². The number of hydrogen-bond acceptors (Lipinski definition) is 3. The van der Waals surface area contributed by atoms with Crippen molar-refractivity contribution in [2.24, 2.45) is 5.92 Å². The monoisotopic (exact) mass is 315 g/mol. The van der Waals surface area contributed by atoms with Crippen molar-refractivity contribution in [3.8, 4) is 0 Å². The van der Waals surface area contributed by atoms with Gasteiger partial charge in [-0.05, 0) is 18.8 Å². The molecule has 18 heavy (non-hydrogen) atoms. The van der Waals surface area contributed by atoms with Crippen LogP contribution in [0.4, 0.5) is 5.82 Å². The Hall–Kier alpha value is -0.840. The van der Waals surface area contributed by atoms with Gasteiger partial charge in [0, 0.05) is 30.3 Å². The second-order valence-electron chi connectivity index (χ2n) is 4.85. The molecule has 0 amide bonds. The second-order valence-corrected chi connectivity index (χ2v) is 6.14. The van der Waals surface area contributed by atoms with Crippen molar-refractivity contribution in [3.05, 3.63) is 22.7 Å². The first kappa shape index (κ1) is 15.2. The van der Waals surface area contributed by atoms with Crippen LogP contribution in [-0.4, -0.2) is 20.9 Å². The summed E-state index contributed by atoms with van der Waals surface area (Å²) in [6, 6.07) is 0. The molecule has 0 aliphatic heterocycles. The standard InChI is InChI=1S/C13H22BrN3O/c1-4-11(14)5-6-15-12-13(18)17(8-7-16-12)9-10(2)3/h7-8,10-11H,4-6,9H2,1-3H3,(H,15,16). The Balaban J connectivity index is 2.63. The van der Waals surface area contributed by atoms with E-state index in [9.17, 15) is 4.79 Å². The average molecular weight is 316 g/mol. The molecule has 1 unspecified atom stereocenters. The minimum atomic E-state index is -0.0335. The predicted molar refractivity (Wildman–Crippen MR) is 79.4 cm³/mol. The Morgan fingerprint density at radius 1 is 1.50 bits per heavy atom. The van der Waals surface area contributed by atoms with Crippen LogP contribution in [0.25, 0.3) is 0 Å². The van der Waals surface area contributed by atoms with Crippen LogP contribution >= 0.6 is 15.9 Å². The predicted octanol–water partition coefficient (Wildman–Crippen LogP) is 2.87. The fraction of sp³-hybridized carbons (Fsp3) is 0.692. The van der Waals surface area contributed by atoms with Crippen molar-refractivity contribution in [3.63, 3.8) is 0 Å². The van der Waals surface area contributed by atoms with Crippen LogP contribution in [0.3, 0.4) is 0 Å². The Morgan fingerprint density at radius 2 is 2.22 bits per heavy atom. The van der Waals surface area contributed by atoms with Gasteiger partial charge >= 0.3 is 0 Å². The molecule has 4 nitrogen and oxygen atoms in total. The van der Waals surface area contributed by atoms with Gasteiger partial charge in [0.1, 0.15) is 0 Å².